The third kappa shape index (κ3) is 7.60. The molecule has 0 aliphatic carbocycles. The smallest absolute Gasteiger partial charge is 0.241 e. The Morgan fingerprint density at radius 2 is 1.76 bits per heavy atom. The van der Waals surface area contributed by atoms with Crippen molar-refractivity contribution in [2.45, 2.75) is 34.1 Å². The highest BCUT2D eigenvalue weighted by Crippen LogP contribution is 2.25. The van der Waals surface area contributed by atoms with E-state index in [9.17, 15) is 4.79 Å². The molecule has 0 atom stereocenters. The number of hydrogen-bond donors (Lipinski definition) is 1. The maximum Gasteiger partial charge on any atom is 0.241 e. The van der Waals surface area contributed by atoms with Gasteiger partial charge in [-0.25, -0.2) is 4.98 Å². The Hall–Kier alpha value is -3.36. The molecular formula is C26H30N4O2S2. The lowest BCUT2D eigenvalue weighted by Crippen LogP contribution is -2.04. The highest BCUT2D eigenvalue weighted by Gasteiger charge is 2.03. The van der Waals surface area contributed by atoms with Gasteiger partial charge in [-0.2, -0.15) is 5.10 Å². The van der Waals surface area contributed by atoms with Crippen molar-refractivity contribution in [3.63, 3.8) is 0 Å². The van der Waals surface area contributed by atoms with Crippen LogP contribution in [0, 0.1) is 0 Å². The van der Waals surface area contributed by atoms with Crippen molar-refractivity contribution in [3.05, 3.63) is 77.1 Å². The van der Waals surface area contributed by atoms with Crippen LogP contribution in [0.1, 0.15) is 39.0 Å². The lowest BCUT2D eigenvalue weighted by molar-refractivity contribution is -0.114. The molecule has 0 aliphatic rings. The Labute approximate surface area is 208 Å². The van der Waals surface area contributed by atoms with Crippen LogP contribution in [0.25, 0.3) is 21.0 Å². The van der Waals surface area contributed by atoms with Crippen LogP contribution in [0.5, 0.6) is 5.88 Å². The number of carbonyl (C=O) groups is 1. The number of aromatic nitrogens is 3. The predicted molar refractivity (Wildman–Crippen MR) is 145 cm³/mol. The second kappa shape index (κ2) is 13.4. The van der Waals surface area contributed by atoms with Gasteiger partial charge in [-0.1, -0.05) is 69.0 Å². The average Bonchev–Trinajstić information content (AvgIpc) is 3.49. The van der Waals surface area contributed by atoms with Gasteiger partial charge in [0.1, 0.15) is 0 Å². The summed E-state index contributed by atoms with van der Waals surface area (Å²) >= 11 is 3.31. The fourth-order valence-corrected chi connectivity index (χ4v) is 4.50. The maximum atomic E-state index is 10.7. The summed E-state index contributed by atoms with van der Waals surface area (Å²) in [5.74, 6) is 1.20. The van der Waals surface area contributed by atoms with Crippen LogP contribution in [-0.4, -0.2) is 28.2 Å². The van der Waals surface area contributed by atoms with Crippen LogP contribution < -0.4 is 10.1 Å². The number of amides is 1. The zero-order chi connectivity index (χ0) is 23.6. The molecule has 1 amide bonds. The van der Waals surface area contributed by atoms with Crippen LogP contribution in [0.3, 0.4) is 0 Å². The summed E-state index contributed by atoms with van der Waals surface area (Å²) in [6.07, 6.45) is 1.72. The van der Waals surface area contributed by atoms with E-state index in [-0.39, 0.29) is 13.3 Å². The number of carbonyl (C=O) groups excluding carboxylic acids is 1. The number of methoxy groups -OCH3 is 1. The lowest BCUT2D eigenvalue weighted by Gasteiger charge is -2.00. The van der Waals surface area contributed by atoms with Gasteiger partial charge in [0.05, 0.1) is 23.5 Å². The molecule has 3 aromatic heterocycles. The molecular weight excluding hydrogens is 464 g/mol. The summed E-state index contributed by atoms with van der Waals surface area (Å²) in [6.45, 7) is 5.91. The van der Waals surface area contributed by atoms with E-state index in [1.807, 2.05) is 59.9 Å². The molecule has 0 unspecified atom stereocenters. The minimum absolute atomic E-state index is 0. The van der Waals surface area contributed by atoms with Crippen molar-refractivity contribution < 1.29 is 9.53 Å². The lowest BCUT2D eigenvalue weighted by atomic mass is 10.2. The summed E-state index contributed by atoms with van der Waals surface area (Å²) in [5, 5.41) is 15.1. The quantitative estimate of drug-likeness (QED) is 0.283. The van der Waals surface area contributed by atoms with Gasteiger partial charge < -0.3 is 10.1 Å². The fraction of sp³-hybridized carbons (Fsp3) is 0.231. The van der Waals surface area contributed by atoms with Crippen molar-refractivity contribution in [2.75, 3.05) is 12.4 Å². The molecule has 0 saturated heterocycles. The number of nitrogens with one attached hydrogen (secondary N) is 1. The number of thiazole rings is 1. The van der Waals surface area contributed by atoms with Crippen molar-refractivity contribution >= 4 is 54.7 Å². The van der Waals surface area contributed by atoms with E-state index in [1.54, 1.807) is 13.3 Å². The monoisotopic (exact) mass is 494 g/mol. The van der Waals surface area contributed by atoms with E-state index < -0.39 is 0 Å². The van der Waals surface area contributed by atoms with Crippen molar-refractivity contribution in [1.29, 1.82) is 0 Å². The van der Waals surface area contributed by atoms with Gasteiger partial charge in [0.15, 0.2) is 5.13 Å². The first kappa shape index (κ1) is 26.9. The molecule has 5 rings (SSSR count). The van der Waals surface area contributed by atoms with Crippen molar-refractivity contribution in [1.82, 2.24) is 15.2 Å². The Kier molecular flexibility index (Phi) is 10.6. The first-order valence-corrected chi connectivity index (χ1v) is 12.1. The van der Waals surface area contributed by atoms with E-state index in [1.165, 1.54) is 23.1 Å². The highest BCUT2D eigenvalue weighted by atomic mass is 32.1. The molecule has 8 heteroatoms. The molecule has 178 valence electrons. The van der Waals surface area contributed by atoms with Gasteiger partial charge >= 0.3 is 0 Å². The molecule has 6 nitrogen and oxygen atoms in total. The Bertz CT molecular complexity index is 1260. The van der Waals surface area contributed by atoms with E-state index in [0.29, 0.717) is 16.9 Å². The fourth-order valence-electron chi connectivity index (χ4n) is 2.85. The molecule has 0 saturated carbocycles. The third-order valence-electron chi connectivity index (χ3n) is 4.42. The number of fused-ring (bicyclic) bond motifs is 2. The van der Waals surface area contributed by atoms with Crippen LogP contribution in [-0.2, 0) is 4.79 Å². The van der Waals surface area contributed by atoms with Crippen molar-refractivity contribution in [3.8, 4) is 5.88 Å². The molecule has 0 bridgehead atoms. The topological polar surface area (TPSA) is 77.0 Å². The van der Waals surface area contributed by atoms with Crippen molar-refractivity contribution in [2.24, 2.45) is 0 Å². The standard InChI is InChI=1S/C9H8N2OS.C9H8N2O.C7H10S.CH4/c1-6(12)10-9-11-7-4-2-3-5-8(7)13-9;1-12-9-8-5-3-2-4-7(8)6-10-11-9;1-6(2)7-4-3-5-8-7;/h2-5H,1H3,(H,10,11,12);2-6H,1H3;3-6H,1-2H3;1H4. The summed E-state index contributed by atoms with van der Waals surface area (Å²) in [7, 11) is 1.59. The maximum absolute atomic E-state index is 10.7. The molecule has 1 N–H and O–H groups in total. The third-order valence-corrected chi connectivity index (χ3v) is 6.54. The number of benzene rings is 2. The average molecular weight is 495 g/mol. The van der Waals surface area contributed by atoms with Gasteiger partial charge in [-0.05, 0) is 35.6 Å². The van der Waals surface area contributed by atoms with Gasteiger partial charge in [0.2, 0.25) is 11.8 Å². The molecule has 5 aromatic rings. The number of thiophene rings is 1. The van der Waals surface area contributed by atoms with Gasteiger partial charge in [0.25, 0.3) is 0 Å². The number of nitrogens with zero attached hydrogens (tertiary/aromatic N) is 3. The Morgan fingerprint density at radius 3 is 2.38 bits per heavy atom. The molecule has 34 heavy (non-hydrogen) atoms. The normalized spacial score (nSPS) is 9.91. The largest absolute Gasteiger partial charge is 0.479 e. The predicted octanol–water partition coefficient (Wildman–Crippen LogP) is 7.40. The molecule has 3 heterocycles. The molecule has 0 radical (unpaired) electrons. The number of ether oxygens (including phenoxy) is 1. The van der Waals surface area contributed by atoms with Crippen LogP contribution in [0.2, 0.25) is 0 Å². The van der Waals surface area contributed by atoms with Gasteiger partial charge in [-0.3, -0.25) is 4.79 Å². The molecule has 2 aromatic carbocycles. The van der Waals surface area contributed by atoms with Crippen LogP contribution >= 0.6 is 22.7 Å². The Balaban J connectivity index is 0.000000183. The zero-order valence-electron chi connectivity index (χ0n) is 19.0. The zero-order valence-corrected chi connectivity index (χ0v) is 20.6. The van der Waals surface area contributed by atoms with Gasteiger partial charge in [0, 0.05) is 22.6 Å². The minimum Gasteiger partial charge on any atom is -0.479 e. The minimum atomic E-state index is -0.0842. The summed E-state index contributed by atoms with van der Waals surface area (Å²) in [6, 6.07) is 19.9. The van der Waals surface area contributed by atoms with Gasteiger partial charge in [-0.15, -0.1) is 16.4 Å². The first-order valence-electron chi connectivity index (χ1n) is 10.4. The summed E-state index contributed by atoms with van der Waals surface area (Å²) in [4.78, 5) is 16.5. The second-order valence-corrected chi connectivity index (χ2v) is 9.29. The first-order chi connectivity index (χ1) is 16.0. The number of rotatable bonds is 3. The van der Waals surface area contributed by atoms with Crippen LogP contribution in [0.4, 0.5) is 5.13 Å². The SMILES string of the molecule is C.CC(=O)Nc1nc2ccccc2s1.CC(C)c1cccs1.COc1nncc2ccccc12. The summed E-state index contributed by atoms with van der Waals surface area (Å²) in [5.41, 5.74) is 0.927. The van der Waals surface area contributed by atoms with E-state index in [4.69, 9.17) is 4.74 Å². The number of hydrogen-bond acceptors (Lipinski definition) is 7. The molecule has 0 fully saturated rings. The van der Waals surface area contributed by atoms with E-state index in [2.05, 4.69) is 51.9 Å². The van der Waals surface area contributed by atoms with E-state index in [0.717, 1.165) is 21.0 Å². The number of para-hydroxylation sites is 1. The summed E-state index contributed by atoms with van der Waals surface area (Å²) < 4.78 is 6.14. The molecule has 0 spiro atoms. The number of anilines is 1. The van der Waals surface area contributed by atoms with Crippen LogP contribution in [0.15, 0.2) is 72.2 Å². The highest BCUT2D eigenvalue weighted by molar-refractivity contribution is 7.22. The Morgan fingerprint density at radius 1 is 1.03 bits per heavy atom. The second-order valence-electron chi connectivity index (χ2n) is 7.28. The molecule has 0 aliphatic heterocycles. The van der Waals surface area contributed by atoms with E-state index >= 15 is 0 Å².